The van der Waals surface area contributed by atoms with Gasteiger partial charge in [0, 0.05) is 0 Å². The van der Waals surface area contributed by atoms with E-state index in [1.165, 1.54) is 27.8 Å². The maximum absolute atomic E-state index is 4.21. The molecule has 0 fully saturated rings. The van der Waals surface area contributed by atoms with E-state index in [9.17, 15) is 0 Å². The van der Waals surface area contributed by atoms with Gasteiger partial charge in [-0.1, -0.05) is 55.1 Å². The predicted molar refractivity (Wildman–Crippen MR) is 74.7 cm³/mol. The Kier molecular flexibility index (Phi) is 2.05. The molecule has 2 aromatic rings. The van der Waals surface area contributed by atoms with Crippen molar-refractivity contribution in [3.8, 4) is 11.1 Å². The van der Waals surface area contributed by atoms with Crippen molar-refractivity contribution in [2.45, 2.75) is 6.92 Å². The topological polar surface area (TPSA) is 0 Å². The van der Waals surface area contributed by atoms with Crippen LogP contribution in [0.15, 0.2) is 55.6 Å². The minimum atomic E-state index is 1.09. The average Bonchev–Trinajstić information content (AvgIpc) is 2.64. The first-order valence-corrected chi connectivity index (χ1v) is 5.77. The SMILES string of the molecule is C=C(C)c1ccc2c(c1)C(=C)c1ccccc1-2. The minimum absolute atomic E-state index is 1.09. The van der Waals surface area contributed by atoms with Crippen molar-refractivity contribution >= 4 is 11.1 Å². The summed E-state index contributed by atoms with van der Waals surface area (Å²) >= 11 is 0. The second kappa shape index (κ2) is 3.46. The van der Waals surface area contributed by atoms with Crippen LogP contribution in [-0.2, 0) is 0 Å². The lowest BCUT2D eigenvalue weighted by Crippen LogP contribution is -1.83. The molecule has 0 aliphatic heterocycles. The molecule has 2 aromatic carbocycles. The maximum atomic E-state index is 4.21. The normalized spacial score (nSPS) is 12.2. The average molecular weight is 218 g/mol. The second-order valence-electron chi connectivity index (χ2n) is 4.56. The Balaban J connectivity index is 2.28. The van der Waals surface area contributed by atoms with Crippen LogP contribution in [0.3, 0.4) is 0 Å². The van der Waals surface area contributed by atoms with Crippen molar-refractivity contribution in [3.63, 3.8) is 0 Å². The minimum Gasteiger partial charge on any atom is -0.0955 e. The first-order chi connectivity index (χ1) is 8.18. The molecule has 82 valence electrons. The highest BCUT2D eigenvalue weighted by Gasteiger charge is 2.21. The quantitative estimate of drug-likeness (QED) is 0.552. The van der Waals surface area contributed by atoms with Crippen molar-refractivity contribution < 1.29 is 0 Å². The Labute approximate surface area is 102 Å². The number of fused-ring (bicyclic) bond motifs is 3. The van der Waals surface area contributed by atoms with Gasteiger partial charge in [-0.25, -0.2) is 0 Å². The maximum Gasteiger partial charge on any atom is -0.00987 e. The van der Waals surface area contributed by atoms with Gasteiger partial charge < -0.3 is 0 Å². The summed E-state index contributed by atoms with van der Waals surface area (Å²) in [6.45, 7) is 10.2. The highest BCUT2D eigenvalue weighted by atomic mass is 14.2. The molecule has 0 atom stereocenters. The van der Waals surface area contributed by atoms with Crippen LogP contribution in [-0.4, -0.2) is 0 Å². The van der Waals surface area contributed by atoms with Gasteiger partial charge in [0.2, 0.25) is 0 Å². The van der Waals surface area contributed by atoms with Crippen LogP contribution in [0.25, 0.3) is 22.3 Å². The van der Waals surface area contributed by atoms with Gasteiger partial charge in [-0.05, 0) is 46.4 Å². The first-order valence-electron chi connectivity index (χ1n) is 5.77. The molecule has 0 bridgehead atoms. The Hall–Kier alpha value is -2.08. The third-order valence-corrected chi connectivity index (χ3v) is 3.38. The molecule has 0 aromatic heterocycles. The zero-order chi connectivity index (χ0) is 12.0. The largest absolute Gasteiger partial charge is 0.0955 e. The van der Waals surface area contributed by atoms with Gasteiger partial charge >= 0.3 is 0 Å². The Morgan fingerprint density at radius 3 is 2.24 bits per heavy atom. The van der Waals surface area contributed by atoms with Gasteiger partial charge in [0.25, 0.3) is 0 Å². The van der Waals surface area contributed by atoms with Crippen molar-refractivity contribution in [1.82, 2.24) is 0 Å². The summed E-state index contributed by atoms with van der Waals surface area (Å²) in [6.07, 6.45) is 0. The Bertz CT molecular complexity index is 645. The summed E-state index contributed by atoms with van der Waals surface area (Å²) in [6, 6.07) is 14.9. The van der Waals surface area contributed by atoms with E-state index >= 15 is 0 Å². The number of rotatable bonds is 1. The summed E-state index contributed by atoms with van der Waals surface area (Å²) in [4.78, 5) is 0. The highest BCUT2D eigenvalue weighted by Crippen LogP contribution is 2.43. The lowest BCUT2D eigenvalue weighted by Gasteiger charge is -2.05. The van der Waals surface area contributed by atoms with Gasteiger partial charge in [-0.2, -0.15) is 0 Å². The summed E-state index contributed by atoms with van der Waals surface area (Å²) in [7, 11) is 0. The highest BCUT2D eigenvalue weighted by molar-refractivity contribution is 6.00. The Morgan fingerprint density at radius 1 is 0.882 bits per heavy atom. The summed E-state index contributed by atoms with van der Waals surface area (Å²) in [5.74, 6) is 0. The lowest BCUT2D eigenvalue weighted by molar-refractivity contribution is 1.56. The van der Waals surface area contributed by atoms with E-state index in [0.717, 1.165) is 11.1 Å². The fourth-order valence-electron chi connectivity index (χ4n) is 2.42. The molecular weight excluding hydrogens is 204 g/mol. The van der Waals surface area contributed by atoms with Gasteiger partial charge in [-0.15, -0.1) is 0 Å². The van der Waals surface area contributed by atoms with Crippen LogP contribution in [0.1, 0.15) is 23.6 Å². The summed E-state index contributed by atoms with van der Waals surface area (Å²) in [5, 5.41) is 0. The molecule has 0 unspecified atom stereocenters. The molecule has 0 amide bonds. The van der Waals surface area contributed by atoms with Gasteiger partial charge in [0.15, 0.2) is 0 Å². The number of hydrogen-bond donors (Lipinski definition) is 0. The lowest BCUT2D eigenvalue weighted by atomic mass is 10.00. The fraction of sp³-hybridized carbons (Fsp3) is 0.0588. The standard InChI is InChI=1S/C17H14/c1-11(2)13-8-9-16-15-7-5-4-6-14(15)12(3)17(16)10-13/h4-10H,1,3H2,2H3. The molecule has 0 heteroatoms. The Morgan fingerprint density at radius 2 is 1.53 bits per heavy atom. The van der Waals surface area contributed by atoms with Crippen molar-refractivity contribution in [2.75, 3.05) is 0 Å². The fourth-order valence-corrected chi connectivity index (χ4v) is 2.42. The predicted octanol–water partition coefficient (Wildman–Crippen LogP) is 4.76. The molecule has 0 radical (unpaired) electrons. The van der Waals surface area contributed by atoms with Gasteiger partial charge in [0.1, 0.15) is 0 Å². The zero-order valence-electron chi connectivity index (χ0n) is 9.96. The molecule has 17 heavy (non-hydrogen) atoms. The summed E-state index contributed by atoms with van der Waals surface area (Å²) < 4.78 is 0. The van der Waals surface area contributed by atoms with Crippen molar-refractivity contribution in [3.05, 3.63) is 72.3 Å². The van der Waals surface area contributed by atoms with Crippen LogP contribution in [0.2, 0.25) is 0 Å². The molecule has 0 N–H and O–H groups in total. The smallest absolute Gasteiger partial charge is 0.00987 e. The molecule has 0 spiro atoms. The molecule has 0 saturated heterocycles. The summed E-state index contributed by atoms with van der Waals surface area (Å²) in [5.41, 5.74) is 8.48. The number of benzene rings is 2. The van der Waals surface area contributed by atoms with E-state index in [-0.39, 0.29) is 0 Å². The van der Waals surface area contributed by atoms with E-state index in [0.29, 0.717) is 0 Å². The number of allylic oxidation sites excluding steroid dienone is 1. The van der Waals surface area contributed by atoms with Gasteiger partial charge in [0.05, 0.1) is 0 Å². The van der Waals surface area contributed by atoms with E-state index < -0.39 is 0 Å². The van der Waals surface area contributed by atoms with Crippen LogP contribution < -0.4 is 0 Å². The third kappa shape index (κ3) is 1.38. The first kappa shape index (κ1) is 10.1. The van der Waals surface area contributed by atoms with Crippen molar-refractivity contribution in [1.29, 1.82) is 0 Å². The van der Waals surface area contributed by atoms with E-state index in [2.05, 4.69) is 55.6 Å². The molecule has 1 aliphatic carbocycles. The molecule has 0 nitrogen and oxygen atoms in total. The van der Waals surface area contributed by atoms with Crippen molar-refractivity contribution in [2.24, 2.45) is 0 Å². The zero-order valence-corrected chi connectivity index (χ0v) is 9.96. The second-order valence-corrected chi connectivity index (χ2v) is 4.56. The van der Waals surface area contributed by atoms with E-state index in [4.69, 9.17) is 0 Å². The molecular formula is C17H14. The number of hydrogen-bond acceptors (Lipinski definition) is 0. The van der Waals surface area contributed by atoms with Gasteiger partial charge in [-0.3, -0.25) is 0 Å². The van der Waals surface area contributed by atoms with Crippen LogP contribution in [0.5, 0.6) is 0 Å². The van der Waals surface area contributed by atoms with E-state index in [1.54, 1.807) is 0 Å². The van der Waals surface area contributed by atoms with Crippen LogP contribution in [0.4, 0.5) is 0 Å². The molecule has 1 aliphatic rings. The molecule has 3 rings (SSSR count). The molecule has 0 heterocycles. The van der Waals surface area contributed by atoms with E-state index in [1.807, 2.05) is 6.92 Å². The van der Waals surface area contributed by atoms with Crippen LogP contribution in [0, 0.1) is 0 Å². The third-order valence-electron chi connectivity index (χ3n) is 3.38. The van der Waals surface area contributed by atoms with Crippen LogP contribution >= 0.6 is 0 Å². The monoisotopic (exact) mass is 218 g/mol. The molecule has 0 saturated carbocycles.